The molecule has 32 heavy (non-hydrogen) atoms. The fourth-order valence-corrected chi connectivity index (χ4v) is 4.32. The van der Waals surface area contributed by atoms with Crippen LogP contribution in [0.25, 0.3) is 0 Å². The Morgan fingerprint density at radius 3 is 2.22 bits per heavy atom. The van der Waals surface area contributed by atoms with E-state index in [9.17, 15) is 18.0 Å². The number of sulfonamides is 1. The lowest BCUT2D eigenvalue weighted by Gasteiger charge is -2.33. The predicted octanol–water partition coefficient (Wildman–Crippen LogP) is 3.09. The molecule has 2 aromatic carbocycles. The van der Waals surface area contributed by atoms with E-state index < -0.39 is 22.0 Å². The van der Waals surface area contributed by atoms with Gasteiger partial charge in [-0.25, -0.2) is 8.42 Å². The molecular weight excluding hydrogens is 426 g/mol. The lowest BCUT2D eigenvalue weighted by Crippen LogP contribution is -2.53. The van der Waals surface area contributed by atoms with E-state index in [1.165, 1.54) is 4.90 Å². The van der Waals surface area contributed by atoms with Crippen molar-refractivity contribution in [3.8, 4) is 0 Å². The third-order valence-corrected chi connectivity index (χ3v) is 6.12. The number of rotatable bonds is 10. The molecule has 174 valence electrons. The number of carbonyl (C=O) groups excluding carboxylic acids is 2. The Morgan fingerprint density at radius 2 is 1.69 bits per heavy atom. The molecule has 0 aromatic heterocycles. The molecule has 8 heteroatoms. The molecule has 7 nitrogen and oxygen atoms in total. The predicted molar refractivity (Wildman–Crippen MR) is 128 cm³/mol. The second-order valence-corrected chi connectivity index (χ2v) is 10.1. The number of nitrogens with one attached hydrogen (secondary N) is 1. The van der Waals surface area contributed by atoms with Crippen LogP contribution in [0.15, 0.2) is 54.6 Å². The van der Waals surface area contributed by atoms with Crippen molar-refractivity contribution in [2.45, 2.75) is 52.7 Å². The van der Waals surface area contributed by atoms with Crippen LogP contribution in [-0.4, -0.2) is 50.0 Å². The molecule has 0 saturated carbocycles. The van der Waals surface area contributed by atoms with Gasteiger partial charge in [0.2, 0.25) is 21.8 Å². The van der Waals surface area contributed by atoms with Gasteiger partial charge in [-0.05, 0) is 50.5 Å². The summed E-state index contributed by atoms with van der Waals surface area (Å²) in [6, 6.07) is 15.5. The van der Waals surface area contributed by atoms with Gasteiger partial charge in [0.1, 0.15) is 12.6 Å². The highest BCUT2D eigenvalue weighted by atomic mass is 32.2. The fourth-order valence-electron chi connectivity index (χ4n) is 3.48. The van der Waals surface area contributed by atoms with Gasteiger partial charge < -0.3 is 10.2 Å². The van der Waals surface area contributed by atoms with Crippen LogP contribution in [0.2, 0.25) is 0 Å². The number of benzene rings is 2. The van der Waals surface area contributed by atoms with Gasteiger partial charge in [0.05, 0.1) is 11.9 Å². The van der Waals surface area contributed by atoms with Crippen LogP contribution in [0, 0.1) is 6.92 Å². The minimum absolute atomic E-state index is 0.0787. The van der Waals surface area contributed by atoms with E-state index in [2.05, 4.69) is 5.32 Å². The molecule has 0 aliphatic rings. The molecule has 2 aromatic rings. The lowest BCUT2D eigenvalue weighted by atomic mass is 10.1. The van der Waals surface area contributed by atoms with Crippen molar-refractivity contribution >= 4 is 27.5 Å². The number of amides is 2. The first kappa shape index (κ1) is 25.4. The Hall–Kier alpha value is -2.87. The van der Waals surface area contributed by atoms with Gasteiger partial charge in [-0.3, -0.25) is 13.9 Å². The molecule has 2 rings (SSSR count). The first-order chi connectivity index (χ1) is 15.0. The first-order valence-corrected chi connectivity index (χ1v) is 12.6. The maximum Gasteiger partial charge on any atom is 0.244 e. The molecule has 0 aliphatic carbocycles. The summed E-state index contributed by atoms with van der Waals surface area (Å²) in [4.78, 5) is 27.8. The molecule has 0 spiro atoms. The van der Waals surface area contributed by atoms with Crippen molar-refractivity contribution in [1.82, 2.24) is 10.2 Å². The molecule has 1 N–H and O–H groups in total. The average molecular weight is 460 g/mol. The zero-order valence-electron chi connectivity index (χ0n) is 19.4. The van der Waals surface area contributed by atoms with Gasteiger partial charge in [0.15, 0.2) is 0 Å². The fraction of sp³-hybridized carbons (Fsp3) is 0.417. The SMILES string of the molecule is CC[C@H](C(=O)NC(C)C)N(Cc1ccccc1)C(=O)CN(c1cccc(C)c1)S(C)(=O)=O. The monoisotopic (exact) mass is 459 g/mol. The van der Waals surface area contributed by atoms with Crippen molar-refractivity contribution in [3.05, 3.63) is 65.7 Å². The number of nitrogens with zero attached hydrogens (tertiary/aromatic N) is 2. The van der Waals surface area contributed by atoms with Crippen LogP contribution in [0.1, 0.15) is 38.3 Å². The maximum absolute atomic E-state index is 13.5. The largest absolute Gasteiger partial charge is 0.352 e. The topological polar surface area (TPSA) is 86.8 Å². The highest BCUT2D eigenvalue weighted by Crippen LogP contribution is 2.20. The molecule has 0 fully saturated rings. The van der Waals surface area contributed by atoms with Crippen LogP contribution in [-0.2, 0) is 26.2 Å². The maximum atomic E-state index is 13.5. The van der Waals surface area contributed by atoms with Gasteiger partial charge in [-0.1, -0.05) is 49.4 Å². The Kier molecular flexibility index (Phi) is 8.83. The van der Waals surface area contributed by atoms with Gasteiger partial charge in [-0.15, -0.1) is 0 Å². The van der Waals surface area contributed by atoms with E-state index in [1.54, 1.807) is 18.2 Å². The third kappa shape index (κ3) is 7.09. The van der Waals surface area contributed by atoms with E-state index in [-0.39, 0.29) is 25.0 Å². The van der Waals surface area contributed by atoms with Crippen LogP contribution in [0.3, 0.4) is 0 Å². The van der Waals surface area contributed by atoms with E-state index in [4.69, 9.17) is 0 Å². The van der Waals surface area contributed by atoms with Crippen LogP contribution < -0.4 is 9.62 Å². The third-order valence-electron chi connectivity index (χ3n) is 4.98. The molecule has 0 bridgehead atoms. The van der Waals surface area contributed by atoms with Crippen molar-refractivity contribution in [1.29, 1.82) is 0 Å². The summed E-state index contributed by atoms with van der Waals surface area (Å²) in [5.41, 5.74) is 2.16. The van der Waals surface area contributed by atoms with E-state index in [0.29, 0.717) is 12.1 Å². The first-order valence-electron chi connectivity index (χ1n) is 10.7. The highest BCUT2D eigenvalue weighted by Gasteiger charge is 2.31. The summed E-state index contributed by atoms with van der Waals surface area (Å²) in [6.07, 6.45) is 1.48. The second kappa shape index (κ2) is 11.1. The number of aryl methyl sites for hydroxylation is 1. The van der Waals surface area contributed by atoms with Crippen molar-refractivity contribution < 1.29 is 18.0 Å². The van der Waals surface area contributed by atoms with E-state index in [0.717, 1.165) is 21.7 Å². The summed E-state index contributed by atoms with van der Waals surface area (Å²) in [6.45, 7) is 7.23. The highest BCUT2D eigenvalue weighted by molar-refractivity contribution is 7.92. The zero-order valence-corrected chi connectivity index (χ0v) is 20.2. The number of hydrogen-bond acceptors (Lipinski definition) is 4. The molecule has 0 radical (unpaired) electrons. The van der Waals surface area contributed by atoms with Crippen molar-refractivity contribution in [2.24, 2.45) is 0 Å². The molecular formula is C24H33N3O4S. The van der Waals surface area contributed by atoms with Gasteiger partial charge in [0, 0.05) is 12.6 Å². The normalized spacial score (nSPS) is 12.3. The quantitative estimate of drug-likeness (QED) is 0.592. The van der Waals surface area contributed by atoms with Gasteiger partial charge in [0.25, 0.3) is 0 Å². The Balaban J connectivity index is 2.41. The summed E-state index contributed by atoms with van der Waals surface area (Å²) in [5.74, 6) is -0.695. The molecule has 0 saturated heterocycles. The molecule has 0 unspecified atom stereocenters. The Bertz CT molecular complexity index is 1020. The second-order valence-electron chi connectivity index (χ2n) is 8.20. The lowest BCUT2D eigenvalue weighted by molar-refractivity contribution is -0.140. The van der Waals surface area contributed by atoms with Crippen molar-refractivity contribution in [2.75, 3.05) is 17.1 Å². The number of anilines is 1. The molecule has 1 atom stereocenters. The average Bonchev–Trinajstić information content (AvgIpc) is 2.71. The standard InChI is InChI=1S/C24H33N3O4S/c1-6-22(24(29)25-18(2)3)26(16-20-12-8-7-9-13-20)23(28)17-27(32(5,30)31)21-14-10-11-19(4)15-21/h7-15,18,22H,6,16-17H2,1-5H3,(H,25,29)/t22-/m1/s1. The van der Waals surface area contributed by atoms with Crippen molar-refractivity contribution in [3.63, 3.8) is 0 Å². The Morgan fingerprint density at radius 1 is 1.03 bits per heavy atom. The van der Waals surface area contributed by atoms with Crippen LogP contribution in [0.4, 0.5) is 5.69 Å². The minimum Gasteiger partial charge on any atom is -0.352 e. The van der Waals surface area contributed by atoms with Crippen LogP contribution in [0.5, 0.6) is 0 Å². The number of hydrogen-bond donors (Lipinski definition) is 1. The Labute approximate surface area is 191 Å². The van der Waals surface area contributed by atoms with Gasteiger partial charge in [-0.2, -0.15) is 0 Å². The van der Waals surface area contributed by atoms with E-state index >= 15 is 0 Å². The molecule has 0 aliphatic heterocycles. The summed E-state index contributed by atoms with van der Waals surface area (Å²) < 4.78 is 26.2. The summed E-state index contributed by atoms with van der Waals surface area (Å²) in [7, 11) is -3.72. The molecule has 2 amide bonds. The molecule has 0 heterocycles. The van der Waals surface area contributed by atoms with E-state index in [1.807, 2.05) is 64.1 Å². The minimum atomic E-state index is -3.72. The van der Waals surface area contributed by atoms with Crippen LogP contribution >= 0.6 is 0 Å². The van der Waals surface area contributed by atoms with Gasteiger partial charge >= 0.3 is 0 Å². The summed E-state index contributed by atoms with van der Waals surface area (Å²) in [5, 5.41) is 2.87. The zero-order chi connectivity index (χ0) is 23.9. The summed E-state index contributed by atoms with van der Waals surface area (Å²) >= 11 is 0. The smallest absolute Gasteiger partial charge is 0.244 e. The number of carbonyl (C=O) groups is 2.